The highest BCUT2D eigenvalue weighted by Gasteiger charge is 2.12. The minimum atomic E-state index is 0.645. The van der Waals surface area contributed by atoms with Crippen LogP contribution in [-0.4, -0.2) is 24.0 Å². The molecule has 0 amide bonds. The molecule has 17 heavy (non-hydrogen) atoms. The van der Waals surface area contributed by atoms with E-state index in [1.54, 1.807) is 0 Å². The second-order valence-corrected chi connectivity index (χ2v) is 4.74. The summed E-state index contributed by atoms with van der Waals surface area (Å²) in [7, 11) is 0. The Morgan fingerprint density at radius 2 is 1.94 bits per heavy atom. The van der Waals surface area contributed by atoms with Crippen molar-refractivity contribution in [2.45, 2.75) is 45.7 Å². The number of hydrogen-bond donors (Lipinski definition) is 1. The monoisotopic (exact) mass is 234 g/mol. The van der Waals surface area contributed by atoms with E-state index in [1.165, 1.54) is 18.4 Å². The highest BCUT2D eigenvalue weighted by Crippen LogP contribution is 2.12. The number of benzene rings is 1. The van der Waals surface area contributed by atoms with E-state index >= 15 is 0 Å². The first-order valence-corrected chi connectivity index (χ1v) is 6.76. The highest BCUT2D eigenvalue weighted by molar-refractivity contribution is 5.14. The molecule has 2 nitrogen and oxygen atoms in total. The zero-order valence-electron chi connectivity index (χ0n) is 11.2. The predicted octanol–water partition coefficient (Wildman–Crippen LogP) is 3.03. The molecule has 0 aliphatic carbocycles. The van der Waals surface area contributed by atoms with E-state index in [-0.39, 0.29) is 0 Å². The van der Waals surface area contributed by atoms with Gasteiger partial charge in [0.15, 0.2) is 0 Å². The lowest BCUT2D eigenvalue weighted by Crippen LogP contribution is -2.34. The molecule has 1 atom stereocenters. The molecular formula is C15H26N2. The zero-order valence-corrected chi connectivity index (χ0v) is 11.2. The van der Waals surface area contributed by atoms with Crippen molar-refractivity contribution in [2.24, 2.45) is 5.73 Å². The Bertz CT molecular complexity index is 284. The predicted molar refractivity (Wildman–Crippen MR) is 74.9 cm³/mol. The fourth-order valence-corrected chi connectivity index (χ4v) is 2.17. The lowest BCUT2D eigenvalue weighted by molar-refractivity contribution is 0.188. The van der Waals surface area contributed by atoms with Crippen molar-refractivity contribution in [1.29, 1.82) is 0 Å². The summed E-state index contributed by atoms with van der Waals surface area (Å²) in [6, 6.07) is 11.3. The second kappa shape index (κ2) is 8.26. The Morgan fingerprint density at radius 3 is 2.53 bits per heavy atom. The van der Waals surface area contributed by atoms with Gasteiger partial charge in [0.05, 0.1) is 0 Å². The van der Waals surface area contributed by atoms with Crippen LogP contribution in [0.5, 0.6) is 0 Å². The van der Waals surface area contributed by atoms with E-state index in [0.717, 1.165) is 26.1 Å². The van der Waals surface area contributed by atoms with Gasteiger partial charge in [0.2, 0.25) is 0 Å². The van der Waals surface area contributed by atoms with Crippen molar-refractivity contribution < 1.29 is 0 Å². The largest absolute Gasteiger partial charge is 0.330 e. The van der Waals surface area contributed by atoms with Crippen LogP contribution in [0.3, 0.4) is 0 Å². The maximum atomic E-state index is 5.62. The first-order valence-electron chi connectivity index (χ1n) is 6.76. The third-order valence-corrected chi connectivity index (χ3v) is 3.21. The first-order chi connectivity index (χ1) is 8.27. The van der Waals surface area contributed by atoms with E-state index < -0.39 is 0 Å². The summed E-state index contributed by atoms with van der Waals surface area (Å²) >= 11 is 0. The average molecular weight is 234 g/mol. The Labute approximate surface area is 106 Å². The average Bonchev–Trinajstić information content (AvgIpc) is 2.36. The Hall–Kier alpha value is -0.860. The van der Waals surface area contributed by atoms with Gasteiger partial charge in [0.25, 0.3) is 0 Å². The standard InChI is InChI=1S/C15H26N2/c1-3-8-14(2)17(12-7-11-16)13-15-9-5-4-6-10-15/h4-6,9-10,14H,3,7-8,11-13,16H2,1-2H3. The fourth-order valence-electron chi connectivity index (χ4n) is 2.17. The first kappa shape index (κ1) is 14.2. The van der Waals surface area contributed by atoms with Crippen LogP contribution in [-0.2, 0) is 6.54 Å². The molecule has 0 heterocycles. The number of hydrogen-bond acceptors (Lipinski definition) is 2. The van der Waals surface area contributed by atoms with Gasteiger partial charge in [-0.1, -0.05) is 43.7 Å². The molecule has 1 aromatic carbocycles. The molecule has 0 saturated heterocycles. The van der Waals surface area contributed by atoms with Crippen LogP contribution in [0.1, 0.15) is 38.7 Å². The normalized spacial score (nSPS) is 12.9. The van der Waals surface area contributed by atoms with Crippen LogP contribution in [0.4, 0.5) is 0 Å². The molecule has 2 N–H and O–H groups in total. The van der Waals surface area contributed by atoms with Crippen molar-refractivity contribution in [2.75, 3.05) is 13.1 Å². The lowest BCUT2D eigenvalue weighted by Gasteiger charge is -2.29. The Balaban J connectivity index is 2.56. The van der Waals surface area contributed by atoms with Crippen LogP contribution in [0, 0.1) is 0 Å². The molecule has 0 saturated carbocycles. The molecule has 1 rings (SSSR count). The number of nitrogens with zero attached hydrogens (tertiary/aromatic N) is 1. The maximum absolute atomic E-state index is 5.62. The van der Waals surface area contributed by atoms with Crippen molar-refractivity contribution >= 4 is 0 Å². The second-order valence-electron chi connectivity index (χ2n) is 4.74. The summed E-state index contributed by atoms with van der Waals surface area (Å²) in [6.07, 6.45) is 3.59. The van der Waals surface area contributed by atoms with E-state index in [0.29, 0.717) is 6.04 Å². The molecule has 0 bridgehead atoms. The van der Waals surface area contributed by atoms with Gasteiger partial charge in [-0.2, -0.15) is 0 Å². The fraction of sp³-hybridized carbons (Fsp3) is 0.600. The number of nitrogens with two attached hydrogens (primary N) is 1. The summed E-state index contributed by atoms with van der Waals surface area (Å²) < 4.78 is 0. The summed E-state index contributed by atoms with van der Waals surface area (Å²) in [5.41, 5.74) is 7.01. The maximum Gasteiger partial charge on any atom is 0.0236 e. The van der Waals surface area contributed by atoms with Crippen LogP contribution < -0.4 is 5.73 Å². The van der Waals surface area contributed by atoms with Crippen LogP contribution in [0.15, 0.2) is 30.3 Å². The van der Waals surface area contributed by atoms with E-state index in [1.807, 2.05) is 0 Å². The van der Waals surface area contributed by atoms with Crippen molar-refractivity contribution in [1.82, 2.24) is 4.90 Å². The molecule has 0 fully saturated rings. The lowest BCUT2D eigenvalue weighted by atomic mass is 10.1. The van der Waals surface area contributed by atoms with E-state index in [4.69, 9.17) is 5.73 Å². The summed E-state index contributed by atoms with van der Waals surface area (Å²) in [4.78, 5) is 2.55. The van der Waals surface area contributed by atoms with Gasteiger partial charge in [0.1, 0.15) is 0 Å². The van der Waals surface area contributed by atoms with Gasteiger partial charge in [-0.25, -0.2) is 0 Å². The van der Waals surface area contributed by atoms with Gasteiger partial charge in [-0.3, -0.25) is 4.90 Å². The van der Waals surface area contributed by atoms with Crippen LogP contribution >= 0.6 is 0 Å². The summed E-state index contributed by atoms with van der Waals surface area (Å²) in [5.74, 6) is 0. The quantitative estimate of drug-likeness (QED) is 0.749. The van der Waals surface area contributed by atoms with Crippen LogP contribution in [0.2, 0.25) is 0 Å². The molecule has 96 valence electrons. The summed E-state index contributed by atoms with van der Waals surface area (Å²) in [5, 5.41) is 0. The van der Waals surface area contributed by atoms with Crippen molar-refractivity contribution in [3.8, 4) is 0 Å². The zero-order chi connectivity index (χ0) is 12.5. The minimum absolute atomic E-state index is 0.645. The smallest absolute Gasteiger partial charge is 0.0236 e. The Kier molecular flexibility index (Phi) is 6.90. The highest BCUT2D eigenvalue weighted by atomic mass is 15.1. The molecule has 0 spiro atoms. The topological polar surface area (TPSA) is 29.3 Å². The van der Waals surface area contributed by atoms with Gasteiger partial charge in [-0.05, 0) is 38.4 Å². The molecule has 0 radical (unpaired) electrons. The SMILES string of the molecule is CCCC(C)N(CCCN)Cc1ccccc1. The summed E-state index contributed by atoms with van der Waals surface area (Å²) in [6.45, 7) is 7.50. The minimum Gasteiger partial charge on any atom is -0.330 e. The third kappa shape index (κ3) is 5.33. The van der Waals surface area contributed by atoms with Crippen molar-refractivity contribution in [3.63, 3.8) is 0 Å². The van der Waals surface area contributed by atoms with E-state index in [9.17, 15) is 0 Å². The molecule has 0 aliphatic rings. The molecule has 2 heteroatoms. The molecule has 1 aromatic rings. The molecular weight excluding hydrogens is 208 g/mol. The molecule has 1 unspecified atom stereocenters. The van der Waals surface area contributed by atoms with Gasteiger partial charge < -0.3 is 5.73 Å². The number of rotatable bonds is 8. The van der Waals surface area contributed by atoms with Crippen molar-refractivity contribution in [3.05, 3.63) is 35.9 Å². The molecule has 0 aliphatic heterocycles. The Morgan fingerprint density at radius 1 is 1.24 bits per heavy atom. The molecule has 0 aromatic heterocycles. The van der Waals surface area contributed by atoms with E-state index in [2.05, 4.69) is 49.1 Å². The van der Waals surface area contributed by atoms with Gasteiger partial charge in [-0.15, -0.1) is 0 Å². The third-order valence-electron chi connectivity index (χ3n) is 3.21. The van der Waals surface area contributed by atoms with Gasteiger partial charge in [0, 0.05) is 12.6 Å². The van der Waals surface area contributed by atoms with Crippen LogP contribution in [0.25, 0.3) is 0 Å². The van der Waals surface area contributed by atoms with Gasteiger partial charge >= 0.3 is 0 Å².